The van der Waals surface area contributed by atoms with Crippen LogP contribution in [-0.2, 0) is 14.3 Å². The number of amides is 2. The first-order chi connectivity index (χ1) is 11.5. The summed E-state index contributed by atoms with van der Waals surface area (Å²) in [5.74, 6) is -0.435. The van der Waals surface area contributed by atoms with E-state index < -0.39 is 23.9 Å². The molecule has 7 nitrogen and oxygen atoms in total. The third kappa shape index (κ3) is 3.13. The summed E-state index contributed by atoms with van der Waals surface area (Å²) >= 11 is 0. The van der Waals surface area contributed by atoms with Gasteiger partial charge < -0.3 is 19.5 Å². The van der Waals surface area contributed by atoms with Crippen molar-refractivity contribution in [2.24, 2.45) is 0 Å². The zero-order chi connectivity index (χ0) is 17.3. The van der Waals surface area contributed by atoms with Crippen LogP contribution >= 0.6 is 0 Å². The highest BCUT2D eigenvalue weighted by atomic mass is 19.1. The number of nitrogens with zero attached hydrogens (tertiary/aromatic N) is 2. The molecule has 1 aromatic heterocycles. The molecule has 1 aliphatic rings. The highest BCUT2D eigenvalue weighted by Gasteiger charge is 2.40. The fourth-order valence-corrected chi connectivity index (χ4v) is 2.64. The number of nitrogens with one attached hydrogen (secondary N) is 1. The van der Waals surface area contributed by atoms with Gasteiger partial charge in [-0.25, -0.2) is 4.39 Å². The molecular weight excluding hydrogens is 317 g/mol. The molecule has 2 aromatic rings. The number of carbonyl (C=O) groups excluding carboxylic acids is 2. The summed E-state index contributed by atoms with van der Waals surface area (Å²) in [5.41, 5.74) is 0.474. The molecular formula is C16H16FN3O4. The van der Waals surface area contributed by atoms with Crippen LogP contribution in [0.2, 0.25) is 0 Å². The van der Waals surface area contributed by atoms with Gasteiger partial charge in [-0.15, -0.1) is 0 Å². The normalized spacial score (nSPS) is 21.0. The van der Waals surface area contributed by atoms with Crippen molar-refractivity contribution in [3.63, 3.8) is 0 Å². The molecule has 1 saturated heterocycles. The van der Waals surface area contributed by atoms with E-state index >= 15 is 0 Å². The zero-order valence-corrected chi connectivity index (χ0v) is 13.2. The number of anilines is 1. The van der Waals surface area contributed by atoms with Gasteiger partial charge in [-0.3, -0.25) is 9.59 Å². The quantitative estimate of drug-likeness (QED) is 0.923. The number of halogens is 1. The van der Waals surface area contributed by atoms with Crippen molar-refractivity contribution in [3.8, 4) is 0 Å². The van der Waals surface area contributed by atoms with Gasteiger partial charge in [0.2, 0.25) is 5.91 Å². The van der Waals surface area contributed by atoms with Gasteiger partial charge in [-0.1, -0.05) is 17.3 Å². The highest BCUT2D eigenvalue weighted by Crippen LogP contribution is 2.30. The molecule has 3 rings (SSSR count). The van der Waals surface area contributed by atoms with E-state index in [-0.39, 0.29) is 18.3 Å². The van der Waals surface area contributed by atoms with Crippen LogP contribution in [0.3, 0.4) is 0 Å². The monoisotopic (exact) mass is 333 g/mol. The maximum atomic E-state index is 13.6. The van der Waals surface area contributed by atoms with Crippen LogP contribution in [-0.4, -0.2) is 41.6 Å². The van der Waals surface area contributed by atoms with E-state index in [9.17, 15) is 14.0 Å². The largest absolute Gasteiger partial charge is 0.360 e. The number of ether oxygens (including phenoxy) is 1. The Morgan fingerprint density at radius 2 is 2.21 bits per heavy atom. The first-order valence-electron chi connectivity index (χ1n) is 7.32. The molecule has 1 fully saturated rings. The van der Waals surface area contributed by atoms with Crippen molar-refractivity contribution in [2.45, 2.75) is 19.1 Å². The van der Waals surface area contributed by atoms with Gasteiger partial charge in [0.05, 0.1) is 6.04 Å². The van der Waals surface area contributed by atoms with Crippen LogP contribution in [0.5, 0.6) is 0 Å². The van der Waals surface area contributed by atoms with Gasteiger partial charge in [-0.2, -0.15) is 0 Å². The minimum atomic E-state index is -0.994. The van der Waals surface area contributed by atoms with Gasteiger partial charge in [-0.05, 0) is 24.6 Å². The first kappa shape index (κ1) is 16.1. The van der Waals surface area contributed by atoms with Crippen molar-refractivity contribution < 1.29 is 23.2 Å². The lowest BCUT2D eigenvalue weighted by atomic mass is 9.97. The number of benzene rings is 1. The standard InChI is InChI=1S/C16H16FN3O4/c1-9-6-12(19-24-9)18-16(22)15-14(20(2)13(21)8-23-15)10-4-3-5-11(17)7-10/h3-7,14-15H,8H2,1-2H3,(H,18,19,22). The van der Waals surface area contributed by atoms with Crippen molar-refractivity contribution in [1.29, 1.82) is 0 Å². The SMILES string of the molecule is Cc1cc(NC(=O)C2OCC(=O)N(C)C2c2cccc(F)c2)no1. The molecule has 0 aliphatic carbocycles. The minimum Gasteiger partial charge on any atom is -0.360 e. The summed E-state index contributed by atoms with van der Waals surface area (Å²) < 4.78 is 23.9. The lowest BCUT2D eigenvalue weighted by Crippen LogP contribution is -2.51. The summed E-state index contributed by atoms with van der Waals surface area (Å²) in [7, 11) is 1.56. The van der Waals surface area contributed by atoms with Crippen LogP contribution in [0.1, 0.15) is 17.4 Å². The van der Waals surface area contributed by atoms with E-state index in [1.165, 1.54) is 23.1 Å². The van der Waals surface area contributed by atoms with E-state index in [4.69, 9.17) is 9.26 Å². The number of hydrogen-bond acceptors (Lipinski definition) is 5. The fraction of sp³-hybridized carbons (Fsp3) is 0.312. The fourth-order valence-electron chi connectivity index (χ4n) is 2.64. The Labute approximate surface area is 137 Å². The average molecular weight is 333 g/mol. The van der Waals surface area contributed by atoms with E-state index in [0.717, 1.165) is 0 Å². The van der Waals surface area contributed by atoms with Crippen LogP contribution in [0.25, 0.3) is 0 Å². The van der Waals surface area contributed by atoms with Crippen molar-refractivity contribution in [2.75, 3.05) is 19.0 Å². The molecule has 2 unspecified atom stereocenters. The maximum Gasteiger partial charge on any atom is 0.257 e. The molecule has 2 heterocycles. The highest BCUT2D eigenvalue weighted by molar-refractivity contribution is 5.95. The topological polar surface area (TPSA) is 84.7 Å². The van der Waals surface area contributed by atoms with Crippen molar-refractivity contribution in [1.82, 2.24) is 10.1 Å². The van der Waals surface area contributed by atoms with Crippen LogP contribution in [0, 0.1) is 12.7 Å². The molecule has 1 aromatic carbocycles. The van der Waals surface area contributed by atoms with Gasteiger partial charge >= 0.3 is 0 Å². The summed E-state index contributed by atoms with van der Waals surface area (Å²) in [6.45, 7) is 1.47. The van der Waals surface area contributed by atoms with Crippen molar-refractivity contribution in [3.05, 3.63) is 47.5 Å². The van der Waals surface area contributed by atoms with Gasteiger partial charge in [0.25, 0.3) is 5.91 Å². The summed E-state index contributed by atoms with van der Waals surface area (Å²) in [6.07, 6.45) is -0.994. The third-order valence-electron chi connectivity index (χ3n) is 3.81. The maximum absolute atomic E-state index is 13.6. The Bertz CT molecular complexity index is 776. The van der Waals surface area contributed by atoms with Gasteiger partial charge in [0, 0.05) is 13.1 Å². The number of aryl methyl sites for hydroxylation is 1. The van der Waals surface area contributed by atoms with Crippen LogP contribution < -0.4 is 5.32 Å². The van der Waals surface area contributed by atoms with E-state index in [2.05, 4.69) is 10.5 Å². The number of carbonyl (C=O) groups is 2. The Kier molecular flexibility index (Phi) is 4.30. The second kappa shape index (κ2) is 6.40. The average Bonchev–Trinajstić information content (AvgIpc) is 2.94. The number of hydrogen-bond donors (Lipinski definition) is 1. The minimum absolute atomic E-state index is 0.224. The smallest absolute Gasteiger partial charge is 0.257 e. The first-order valence-corrected chi connectivity index (χ1v) is 7.32. The van der Waals surface area contributed by atoms with Gasteiger partial charge in [0.15, 0.2) is 11.9 Å². The Hall–Kier alpha value is -2.74. The number of aromatic nitrogens is 1. The molecule has 126 valence electrons. The van der Waals surface area contributed by atoms with Gasteiger partial charge in [0.1, 0.15) is 18.2 Å². The lowest BCUT2D eigenvalue weighted by Gasteiger charge is -2.38. The summed E-state index contributed by atoms with van der Waals surface area (Å²) in [4.78, 5) is 25.9. The zero-order valence-electron chi connectivity index (χ0n) is 13.2. The number of morpholine rings is 1. The van der Waals surface area contributed by atoms with Crippen molar-refractivity contribution >= 4 is 17.6 Å². The lowest BCUT2D eigenvalue weighted by molar-refractivity contribution is -0.160. The second-order valence-electron chi connectivity index (χ2n) is 5.55. The molecule has 0 bridgehead atoms. The Balaban J connectivity index is 1.88. The van der Waals surface area contributed by atoms with Crippen LogP contribution in [0.4, 0.5) is 10.2 Å². The molecule has 0 spiro atoms. The summed E-state index contributed by atoms with van der Waals surface area (Å²) in [6, 6.07) is 6.56. The predicted octanol–water partition coefficient (Wildman–Crippen LogP) is 1.66. The predicted molar refractivity (Wildman–Crippen MR) is 81.5 cm³/mol. The van der Waals surface area contributed by atoms with Crippen LogP contribution in [0.15, 0.2) is 34.9 Å². The molecule has 2 atom stereocenters. The molecule has 8 heteroatoms. The molecule has 24 heavy (non-hydrogen) atoms. The Morgan fingerprint density at radius 1 is 1.42 bits per heavy atom. The van der Waals surface area contributed by atoms with E-state index in [1.54, 1.807) is 26.1 Å². The molecule has 0 radical (unpaired) electrons. The molecule has 0 saturated carbocycles. The summed E-state index contributed by atoms with van der Waals surface area (Å²) in [5, 5.41) is 6.28. The number of rotatable bonds is 3. The molecule has 2 amide bonds. The van der Waals surface area contributed by atoms with E-state index in [1.807, 2.05) is 0 Å². The van der Waals surface area contributed by atoms with E-state index in [0.29, 0.717) is 11.3 Å². The number of likely N-dealkylation sites (N-methyl/N-ethyl adjacent to an activating group) is 1. The molecule has 1 N–H and O–H groups in total. The second-order valence-corrected chi connectivity index (χ2v) is 5.55. The third-order valence-corrected chi connectivity index (χ3v) is 3.81. The molecule has 1 aliphatic heterocycles. The Morgan fingerprint density at radius 3 is 2.88 bits per heavy atom.